The van der Waals surface area contributed by atoms with Gasteiger partial charge in [0.25, 0.3) is 0 Å². The topological polar surface area (TPSA) is 89.2 Å². The van der Waals surface area contributed by atoms with Crippen LogP contribution in [-0.4, -0.2) is 34.5 Å². The highest BCUT2D eigenvalue weighted by atomic mass is 32.2. The van der Waals surface area contributed by atoms with Gasteiger partial charge in [0.1, 0.15) is 5.01 Å². The maximum absolute atomic E-state index is 11.0. The van der Waals surface area contributed by atoms with Gasteiger partial charge in [-0.3, -0.25) is 0 Å². The summed E-state index contributed by atoms with van der Waals surface area (Å²) in [7, 11) is -3.19. The first-order valence-corrected chi connectivity index (χ1v) is 7.89. The maximum atomic E-state index is 11.0. The second kappa shape index (κ2) is 3.72. The molecule has 92 valence electrons. The molecule has 1 fully saturated rings. The Morgan fingerprint density at radius 1 is 1.47 bits per heavy atom. The van der Waals surface area contributed by atoms with Crippen molar-refractivity contribution < 1.29 is 8.42 Å². The summed E-state index contributed by atoms with van der Waals surface area (Å²) in [5, 5.41) is 13.1. The van der Waals surface area contributed by atoms with Gasteiger partial charge in [0.05, 0.1) is 12.8 Å². The van der Waals surface area contributed by atoms with Crippen LogP contribution in [0.15, 0.2) is 0 Å². The summed E-state index contributed by atoms with van der Waals surface area (Å²) in [6.07, 6.45) is 3.40. The van der Waals surface area contributed by atoms with Crippen molar-refractivity contribution in [3.8, 4) is 0 Å². The second-order valence-electron chi connectivity index (χ2n) is 4.12. The van der Waals surface area contributed by atoms with E-state index < -0.39 is 10.0 Å². The molecule has 7 nitrogen and oxygen atoms in total. The van der Waals surface area contributed by atoms with Crippen LogP contribution in [-0.2, 0) is 16.6 Å². The predicted molar refractivity (Wildman–Crippen MR) is 62.3 cm³/mol. The van der Waals surface area contributed by atoms with Gasteiger partial charge < -0.3 is 0 Å². The summed E-state index contributed by atoms with van der Waals surface area (Å²) in [5.74, 6) is 1.37. The molecule has 0 unspecified atom stereocenters. The highest BCUT2D eigenvalue weighted by Gasteiger charge is 2.30. The van der Waals surface area contributed by atoms with Gasteiger partial charge in [-0.25, -0.2) is 13.1 Å². The third kappa shape index (κ3) is 2.31. The fraction of sp³-hybridized carbons (Fsp3) is 0.625. The van der Waals surface area contributed by atoms with Gasteiger partial charge in [-0.2, -0.15) is 9.61 Å². The molecule has 2 aromatic rings. The Hall–Kier alpha value is -1.06. The van der Waals surface area contributed by atoms with Crippen LogP contribution in [0.1, 0.15) is 29.6 Å². The molecule has 2 heterocycles. The number of nitrogens with one attached hydrogen (secondary N) is 1. The lowest BCUT2D eigenvalue weighted by atomic mass is 10.4. The minimum absolute atomic E-state index is 0.205. The SMILES string of the molecule is CS(=O)(=O)NCc1nn2c(C3CC3)nnc2s1. The Labute approximate surface area is 102 Å². The van der Waals surface area contributed by atoms with Crippen LogP contribution in [0.2, 0.25) is 0 Å². The first-order chi connectivity index (χ1) is 8.03. The Bertz CT molecular complexity index is 655. The molecule has 0 aromatic carbocycles. The Morgan fingerprint density at radius 2 is 2.24 bits per heavy atom. The predicted octanol–water partition coefficient (Wildman–Crippen LogP) is 0.112. The van der Waals surface area contributed by atoms with Crippen LogP contribution in [0.4, 0.5) is 0 Å². The summed E-state index contributed by atoms with van der Waals surface area (Å²) in [5.41, 5.74) is 0. The fourth-order valence-electron chi connectivity index (χ4n) is 1.53. The lowest BCUT2D eigenvalue weighted by molar-refractivity contribution is 0.587. The number of hydrogen-bond donors (Lipinski definition) is 1. The molecule has 1 aliphatic rings. The Kier molecular flexibility index (Phi) is 2.42. The number of hydrogen-bond acceptors (Lipinski definition) is 6. The molecule has 1 aliphatic carbocycles. The van der Waals surface area contributed by atoms with E-state index in [-0.39, 0.29) is 6.54 Å². The van der Waals surface area contributed by atoms with Crippen LogP contribution in [0, 0.1) is 0 Å². The van der Waals surface area contributed by atoms with Gasteiger partial charge in [-0.05, 0) is 12.8 Å². The van der Waals surface area contributed by atoms with Crippen molar-refractivity contribution in [2.75, 3.05) is 6.26 Å². The molecule has 9 heteroatoms. The molecule has 17 heavy (non-hydrogen) atoms. The van der Waals surface area contributed by atoms with E-state index in [2.05, 4.69) is 20.0 Å². The van der Waals surface area contributed by atoms with Crippen LogP contribution in [0.3, 0.4) is 0 Å². The summed E-state index contributed by atoms with van der Waals surface area (Å²) < 4.78 is 26.1. The fourth-order valence-corrected chi connectivity index (χ4v) is 2.80. The number of rotatable bonds is 4. The second-order valence-corrected chi connectivity index (χ2v) is 6.99. The quantitative estimate of drug-likeness (QED) is 0.854. The molecule has 0 amide bonds. The third-order valence-corrected chi connectivity index (χ3v) is 4.05. The van der Waals surface area contributed by atoms with Crippen molar-refractivity contribution in [3.05, 3.63) is 10.8 Å². The van der Waals surface area contributed by atoms with Crippen LogP contribution in [0.25, 0.3) is 4.96 Å². The van der Waals surface area contributed by atoms with Gasteiger partial charge >= 0.3 is 0 Å². The van der Waals surface area contributed by atoms with Gasteiger partial charge in [-0.15, -0.1) is 10.2 Å². The number of nitrogens with zero attached hydrogens (tertiary/aromatic N) is 4. The molecule has 0 saturated heterocycles. The number of fused-ring (bicyclic) bond motifs is 1. The van der Waals surface area contributed by atoms with Crippen molar-refractivity contribution >= 4 is 26.3 Å². The van der Waals surface area contributed by atoms with E-state index >= 15 is 0 Å². The summed E-state index contributed by atoms with van der Waals surface area (Å²) in [6.45, 7) is 0.205. The summed E-state index contributed by atoms with van der Waals surface area (Å²) in [6, 6.07) is 0. The molecule has 0 aliphatic heterocycles. The molecule has 1 saturated carbocycles. The number of aromatic nitrogens is 4. The maximum Gasteiger partial charge on any atom is 0.234 e. The molecular formula is C8H11N5O2S2. The molecule has 1 N–H and O–H groups in total. The lowest BCUT2D eigenvalue weighted by Crippen LogP contribution is -2.21. The van der Waals surface area contributed by atoms with Crippen molar-refractivity contribution in [3.63, 3.8) is 0 Å². The molecule has 0 atom stereocenters. The van der Waals surface area contributed by atoms with Gasteiger partial charge in [0, 0.05) is 5.92 Å². The van der Waals surface area contributed by atoms with Gasteiger partial charge in [0.15, 0.2) is 5.82 Å². The van der Waals surface area contributed by atoms with Gasteiger partial charge in [-0.1, -0.05) is 11.3 Å². The van der Waals surface area contributed by atoms with E-state index in [0.717, 1.165) is 29.9 Å². The molecular weight excluding hydrogens is 262 g/mol. The average molecular weight is 273 g/mol. The van der Waals surface area contributed by atoms with Crippen molar-refractivity contribution in [1.29, 1.82) is 0 Å². The van der Waals surface area contributed by atoms with E-state index in [1.165, 1.54) is 11.3 Å². The molecule has 3 rings (SSSR count). The van der Waals surface area contributed by atoms with Crippen molar-refractivity contribution in [1.82, 2.24) is 24.5 Å². The Balaban J connectivity index is 1.86. The van der Waals surface area contributed by atoms with Crippen LogP contribution >= 0.6 is 11.3 Å². The Morgan fingerprint density at radius 3 is 2.88 bits per heavy atom. The van der Waals surface area contributed by atoms with Crippen molar-refractivity contribution in [2.45, 2.75) is 25.3 Å². The normalized spacial score (nSPS) is 16.8. The largest absolute Gasteiger partial charge is 0.234 e. The van der Waals surface area contributed by atoms with Crippen LogP contribution < -0.4 is 4.72 Å². The smallest absolute Gasteiger partial charge is 0.213 e. The van der Waals surface area contributed by atoms with E-state index in [9.17, 15) is 8.42 Å². The zero-order valence-corrected chi connectivity index (χ0v) is 10.8. The van der Waals surface area contributed by atoms with E-state index in [1.807, 2.05) is 0 Å². The average Bonchev–Trinajstić information content (AvgIpc) is 2.87. The monoisotopic (exact) mass is 273 g/mol. The minimum Gasteiger partial charge on any atom is -0.213 e. The summed E-state index contributed by atoms with van der Waals surface area (Å²) >= 11 is 1.36. The van der Waals surface area contributed by atoms with Crippen LogP contribution in [0.5, 0.6) is 0 Å². The standard InChI is InChI=1S/C8H11N5O2S2/c1-17(14,15)9-4-6-12-13-7(5-2-3-5)10-11-8(13)16-6/h5,9H,2-4H2,1H3. The molecule has 0 spiro atoms. The lowest BCUT2D eigenvalue weighted by Gasteiger charge is -1.96. The zero-order chi connectivity index (χ0) is 12.0. The number of sulfonamides is 1. The third-order valence-electron chi connectivity index (χ3n) is 2.48. The van der Waals surface area contributed by atoms with E-state index in [0.29, 0.717) is 10.9 Å². The summed E-state index contributed by atoms with van der Waals surface area (Å²) in [4.78, 5) is 0.720. The first kappa shape index (κ1) is 11.1. The highest BCUT2D eigenvalue weighted by Crippen LogP contribution is 2.39. The molecule has 0 bridgehead atoms. The van der Waals surface area contributed by atoms with Crippen molar-refractivity contribution in [2.24, 2.45) is 0 Å². The molecule has 0 radical (unpaired) electrons. The van der Waals surface area contributed by atoms with E-state index in [1.54, 1.807) is 4.52 Å². The first-order valence-electron chi connectivity index (χ1n) is 5.18. The highest BCUT2D eigenvalue weighted by molar-refractivity contribution is 7.88. The molecule has 2 aromatic heterocycles. The minimum atomic E-state index is -3.19. The zero-order valence-electron chi connectivity index (χ0n) is 9.12. The van der Waals surface area contributed by atoms with E-state index in [4.69, 9.17) is 0 Å². The van der Waals surface area contributed by atoms with Gasteiger partial charge in [0.2, 0.25) is 15.0 Å².